The molecule has 0 unspecified atom stereocenters. The Hall–Kier alpha value is -2.22. The number of amides is 1. The van der Waals surface area contributed by atoms with Crippen molar-refractivity contribution in [2.24, 2.45) is 0 Å². The average Bonchev–Trinajstić information content (AvgIpc) is 2.80. The number of rotatable bonds is 5. The number of carbonyl (C=O) groups excluding carboxylic acids is 1. The molecule has 166 valence electrons. The molecule has 0 spiro atoms. The number of sulfonamides is 1. The molecule has 7 heteroatoms. The molecule has 0 N–H and O–H groups in total. The Morgan fingerprint density at radius 1 is 0.871 bits per heavy atom. The molecule has 0 atom stereocenters. The van der Waals surface area contributed by atoms with Gasteiger partial charge in [0.05, 0.1) is 4.90 Å². The zero-order chi connectivity index (χ0) is 21.8. The van der Waals surface area contributed by atoms with Gasteiger partial charge < -0.3 is 4.90 Å². The van der Waals surface area contributed by atoms with Gasteiger partial charge >= 0.3 is 0 Å². The fraction of sp³-hybridized carbons (Fsp3) is 0.458. The molecule has 2 fully saturated rings. The highest BCUT2D eigenvalue weighted by molar-refractivity contribution is 7.89. The highest BCUT2D eigenvalue weighted by Gasteiger charge is 2.29. The second-order valence-electron chi connectivity index (χ2n) is 8.50. The van der Waals surface area contributed by atoms with E-state index in [9.17, 15) is 13.2 Å². The van der Waals surface area contributed by atoms with Gasteiger partial charge in [-0.25, -0.2) is 8.42 Å². The van der Waals surface area contributed by atoms with E-state index in [1.54, 1.807) is 29.4 Å². The van der Waals surface area contributed by atoms with Crippen LogP contribution in [0.1, 0.15) is 40.7 Å². The molecule has 2 aliphatic rings. The van der Waals surface area contributed by atoms with E-state index in [-0.39, 0.29) is 10.8 Å². The van der Waals surface area contributed by atoms with Crippen LogP contribution in [0.25, 0.3) is 0 Å². The maximum Gasteiger partial charge on any atom is 0.253 e. The molecule has 0 bridgehead atoms. The van der Waals surface area contributed by atoms with E-state index in [2.05, 4.69) is 17.0 Å². The van der Waals surface area contributed by atoms with Crippen molar-refractivity contribution in [1.29, 1.82) is 0 Å². The lowest BCUT2D eigenvalue weighted by atomic mass is 10.1. The monoisotopic (exact) mass is 441 g/mol. The summed E-state index contributed by atoms with van der Waals surface area (Å²) in [6, 6.07) is 15.4. The Morgan fingerprint density at radius 2 is 1.55 bits per heavy atom. The van der Waals surface area contributed by atoms with E-state index in [0.29, 0.717) is 37.3 Å². The molecule has 0 aromatic heterocycles. The third-order valence-corrected chi connectivity index (χ3v) is 8.32. The minimum Gasteiger partial charge on any atom is -0.336 e. The normalized spacial score (nSPS) is 18.8. The average molecular weight is 442 g/mol. The molecule has 0 radical (unpaired) electrons. The van der Waals surface area contributed by atoms with Crippen LogP contribution in [-0.4, -0.2) is 67.7 Å². The van der Waals surface area contributed by atoms with Crippen LogP contribution >= 0.6 is 0 Å². The maximum absolute atomic E-state index is 13.2. The second-order valence-corrected chi connectivity index (χ2v) is 10.4. The fourth-order valence-electron chi connectivity index (χ4n) is 4.39. The van der Waals surface area contributed by atoms with E-state index >= 15 is 0 Å². The number of nitrogens with zero attached hydrogens (tertiary/aromatic N) is 3. The minimum absolute atomic E-state index is 0.0885. The van der Waals surface area contributed by atoms with Gasteiger partial charge in [0.1, 0.15) is 0 Å². The molecular weight excluding hydrogens is 410 g/mol. The quantitative estimate of drug-likeness (QED) is 0.715. The molecule has 2 aromatic rings. The molecule has 1 amide bonds. The summed E-state index contributed by atoms with van der Waals surface area (Å²) in [7, 11) is -3.57. The van der Waals surface area contributed by atoms with Crippen molar-refractivity contribution in [3.8, 4) is 0 Å². The third kappa shape index (κ3) is 5.00. The Morgan fingerprint density at radius 3 is 2.23 bits per heavy atom. The number of hydrogen-bond donors (Lipinski definition) is 0. The molecule has 31 heavy (non-hydrogen) atoms. The van der Waals surface area contributed by atoms with Crippen LogP contribution in [-0.2, 0) is 16.6 Å². The van der Waals surface area contributed by atoms with Crippen molar-refractivity contribution < 1.29 is 13.2 Å². The Labute approximate surface area is 185 Å². The standard InChI is InChI=1S/C24H31N3O3S/c1-20-10-11-22(18-23(20)31(29,30)27-12-6-3-7-13-27)24(28)26-16-14-25(15-17-26)19-21-8-4-2-5-9-21/h2,4-5,8-11,18H,3,6-7,12-17,19H2,1H3. The third-order valence-electron chi connectivity index (χ3n) is 6.28. The van der Waals surface area contributed by atoms with Gasteiger partial charge in [0, 0.05) is 51.4 Å². The molecule has 6 nitrogen and oxygen atoms in total. The summed E-state index contributed by atoms with van der Waals surface area (Å²) in [5, 5.41) is 0. The number of hydrogen-bond acceptors (Lipinski definition) is 4. The Bertz CT molecular complexity index is 1010. The van der Waals surface area contributed by atoms with Gasteiger partial charge in [0.2, 0.25) is 10.0 Å². The van der Waals surface area contributed by atoms with E-state index in [0.717, 1.165) is 38.9 Å². The van der Waals surface area contributed by atoms with Gasteiger partial charge in [0.15, 0.2) is 0 Å². The van der Waals surface area contributed by atoms with Gasteiger partial charge in [-0.1, -0.05) is 42.8 Å². The highest BCUT2D eigenvalue weighted by Crippen LogP contribution is 2.25. The van der Waals surface area contributed by atoms with Gasteiger partial charge in [-0.2, -0.15) is 4.31 Å². The lowest BCUT2D eigenvalue weighted by molar-refractivity contribution is 0.0628. The lowest BCUT2D eigenvalue weighted by Crippen LogP contribution is -2.48. The summed E-state index contributed by atoms with van der Waals surface area (Å²) < 4.78 is 27.9. The second kappa shape index (κ2) is 9.51. The lowest BCUT2D eigenvalue weighted by Gasteiger charge is -2.35. The molecular formula is C24H31N3O3S. The molecule has 2 saturated heterocycles. The number of piperazine rings is 1. The summed E-state index contributed by atoms with van der Waals surface area (Å²) in [6.45, 7) is 6.71. The largest absolute Gasteiger partial charge is 0.336 e. The Balaban J connectivity index is 1.44. The molecule has 2 heterocycles. The first-order valence-corrected chi connectivity index (χ1v) is 12.6. The zero-order valence-corrected chi connectivity index (χ0v) is 19.0. The first-order valence-electron chi connectivity index (χ1n) is 11.1. The fourth-order valence-corrected chi connectivity index (χ4v) is 6.16. The number of aryl methyl sites for hydroxylation is 1. The summed E-state index contributed by atoms with van der Waals surface area (Å²) in [5.41, 5.74) is 2.42. The van der Waals surface area contributed by atoms with Gasteiger partial charge in [0.25, 0.3) is 5.91 Å². The molecule has 0 aliphatic carbocycles. The summed E-state index contributed by atoms with van der Waals surface area (Å²) in [6.07, 6.45) is 2.86. The zero-order valence-electron chi connectivity index (χ0n) is 18.2. The van der Waals surface area contributed by atoms with E-state index in [4.69, 9.17) is 0 Å². The van der Waals surface area contributed by atoms with Crippen molar-refractivity contribution in [3.05, 3.63) is 65.2 Å². The molecule has 0 saturated carbocycles. The SMILES string of the molecule is Cc1ccc(C(=O)N2CCN(Cc3ccccc3)CC2)cc1S(=O)(=O)N1CCCCC1. The highest BCUT2D eigenvalue weighted by atomic mass is 32.2. The van der Waals surface area contributed by atoms with Crippen molar-refractivity contribution in [3.63, 3.8) is 0 Å². The topological polar surface area (TPSA) is 60.9 Å². The molecule has 2 aliphatic heterocycles. The number of carbonyl (C=O) groups is 1. The summed E-state index contributed by atoms with van der Waals surface area (Å²) in [5.74, 6) is -0.0885. The van der Waals surface area contributed by atoms with Crippen LogP contribution in [0.5, 0.6) is 0 Å². The van der Waals surface area contributed by atoms with E-state index in [1.807, 2.05) is 23.1 Å². The van der Waals surface area contributed by atoms with Gasteiger partial charge in [-0.15, -0.1) is 0 Å². The predicted molar refractivity (Wildman–Crippen MR) is 121 cm³/mol. The molecule has 2 aromatic carbocycles. The van der Waals surface area contributed by atoms with Crippen molar-refractivity contribution >= 4 is 15.9 Å². The van der Waals surface area contributed by atoms with Crippen molar-refractivity contribution in [2.45, 2.75) is 37.6 Å². The number of benzene rings is 2. The van der Waals surface area contributed by atoms with Crippen molar-refractivity contribution in [1.82, 2.24) is 14.1 Å². The number of piperidine rings is 1. The van der Waals surface area contributed by atoms with Crippen LogP contribution in [0.2, 0.25) is 0 Å². The Kier molecular flexibility index (Phi) is 6.74. The van der Waals surface area contributed by atoms with Crippen molar-refractivity contribution in [2.75, 3.05) is 39.3 Å². The summed E-state index contributed by atoms with van der Waals surface area (Å²) >= 11 is 0. The van der Waals surface area contributed by atoms with Crippen LogP contribution in [0, 0.1) is 6.92 Å². The predicted octanol–water partition coefficient (Wildman–Crippen LogP) is 3.13. The van der Waals surface area contributed by atoms with Crippen LogP contribution in [0.15, 0.2) is 53.4 Å². The minimum atomic E-state index is -3.57. The first-order chi connectivity index (χ1) is 14.9. The summed E-state index contributed by atoms with van der Waals surface area (Å²) in [4.78, 5) is 17.6. The van der Waals surface area contributed by atoms with Crippen LogP contribution in [0.3, 0.4) is 0 Å². The van der Waals surface area contributed by atoms with Gasteiger partial charge in [-0.3, -0.25) is 9.69 Å². The van der Waals surface area contributed by atoms with E-state index < -0.39 is 10.0 Å². The smallest absolute Gasteiger partial charge is 0.253 e. The molecule has 4 rings (SSSR count). The van der Waals surface area contributed by atoms with Crippen LogP contribution < -0.4 is 0 Å². The van der Waals surface area contributed by atoms with Crippen LogP contribution in [0.4, 0.5) is 0 Å². The first kappa shape index (κ1) is 22.0. The maximum atomic E-state index is 13.2. The van der Waals surface area contributed by atoms with E-state index in [1.165, 1.54) is 5.56 Å². The van der Waals surface area contributed by atoms with Gasteiger partial charge in [-0.05, 0) is 43.0 Å².